The summed E-state index contributed by atoms with van der Waals surface area (Å²) in [6, 6.07) is 6.64. The lowest BCUT2D eigenvalue weighted by Crippen LogP contribution is -2.31. The molecular formula is C16H9Cl5N4O3S. The molecule has 2 aromatic carbocycles. The molecule has 13 heteroatoms. The maximum absolute atomic E-state index is 12.5. The minimum absolute atomic E-state index is 0.141. The van der Waals surface area contributed by atoms with E-state index in [-0.39, 0.29) is 42.1 Å². The number of nitrogens with one attached hydrogen (secondary N) is 1. The first-order valence-corrected chi connectivity index (χ1v) is 11.0. The fourth-order valence-electron chi connectivity index (χ4n) is 2.41. The molecule has 1 N–H and O–H groups in total. The Kier molecular flexibility index (Phi) is 6.33. The Bertz CT molecular complexity index is 1220. The van der Waals surface area contributed by atoms with Gasteiger partial charge in [0.25, 0.3) is 15.9 Å². The van der Waals surface area contributed by atoms with E-state index in [9.17, 15) is 13.2 Å². The molecule has 0 unspecified atom stereocenters. The summed E-state index contributed by atoms with van der Waals surface area (Å²) in [5, 5.41) is 8.34. The first kappa shape index (κ1) is 22.1. The van der Waals surface area contributed by atoms with Crippen LogP contribution in [0.15, 0.2) is 35.2 Å². The summed E-state index contributed by atoms with van der Waals surface area (Å²) in [6.07, 6.45) is 0. The molecular weight excluding hydrogens is 506 g/mol. The zero-order chi connectivity index (χ0) is 21.5. The maximum Gasteiger partial charge on any atom is 0.287 e. The summed E-state index contributed by atoms with van der Waals surface area (Å²) >= 11 is 29.9. The van der Waals surface area contributed by atoms with E-state index in [1.807, 2.05) is 4.72 Å². The third-order valence-corrected chi connectivity index (χ3v) is 6.56. The van der Waals surface area contributed by atoms with Crippen LogP contribution in [-0.2, 0) is 10.0 Å². The van der Waals surface area contributed by atoms with E-state index in [2.05, 4.69) is 10.3 Å². The van der Waals surface area contributed by atoms with Crippen LogP contribution in [0.3, 0.4) is 0 Å². The van der Waals surface area contributed by atoms with Crippen LogP contribution in [0.5, 0.6) is 0 Å². The van der Waals surface area contributed by atoms with Gasteiger partial charge >= 0.3 is 0 Å². The van der Waals surface area contributed by atoms with Gasteiger partial charge in [0.2, 0.25) is 0 Å². The number of rotatable bonds is 4. The summed E-state index contributed by atoms with van der Waals surface area (Å²) < 4.78 is 28.1. The van der Waals surface area contributed by atoms with Crippen molar-refractivity contribution >= 4 is 73.9 Å². The predicted octanol–water partition coefficient (Wildman–Crippen LogP) is 4.96. The van der Waals surface area contributed by atoms with Crippen LogP contribution in [-0.4, -0.2) is 29.3 Å². The van der Waals surface area contributed by atoms with E-state index < -0.39 is 15.9 Å². The molecule has 1 heterocycles. The molecule has 0 saturated heterocycles. The van der Waals surface area contributed by atoms with Crippen molar-refractivity contribution in [3.8, 4) is 5.69 Å². The molecule has 29 heavy (non-hydrogen) atoms. The van der Waals surface area contributed by atoms with E-state index in [0.717, 1.165) is 0 Å². The van der Waals surface area contributed by atoms with Gasteiger partial charge in [-0.2, -0.15) is 0 Å². The summed E-state index contributed by atoms with van der Waals surface area (Å²) in [4.78, 5) is 12.2. The second kappa shape index (κ2) is 8.29. The second-order valence-corrected chi connectivity index (χ2v) is 9.41. The quantitative estimate of drug-likeness (QED) is 0.531. The smallest absolute Gasteiger partial charge is 0.266 e. The summed E-state index contributed by atoms with van der Waals surface area (Å²) in [6.45, 7) is 1.50. The Hall–Kier alpha value is -1.55. The SMILES string of the molecule is Cc1c(C(=O)NS(=O)(=O)c2ccc(Cl)cc2Cl)nnn1-c1c(Cl)cc(Cl)cc1Cl. The van der Waals surface area contributed by atoms with Gasteiger partial charge in [-0.25, -0.2) is 17.8 Å². The Morgan fingerprint density at radius 2 is 1.55 bits per heavy atom. The Morgan fingerprint density at radius 3 is 2.14 bits per heavy atom. The molecule has 3 aromatic rings. The number of hydrogen-bond donors (Lipinski definition) is 1. The third kappa shape index (κ3) is 4.47. The molecule has 1 amide bonds. The number of hydrogen-bond acceptors (Lipinski definition) is 5. The van der Waals surface area contributed by atoms with Crippen molar-refractivity contribution in [1.82, 2.24) is 19.7 Å². The fourth-order valence-corrected chi connectivity index (χ4v) is 5.11. The highest BCUT2D eigenvalue weighted by molar-refractivity contribution is 7.90. The first-order chi connectivity index (χ1) is 13.5. The van der Waals surface area contributed by atoms with E-state index in [4.69, 9.17) is 58.0 Å². The lowest BCUT2D eigenvalue weighted by Gasteiger charge is -2.10. The number of carbonyl (C=O) groups is 1. The molecule has 0 saturated carbocycles. The number of nitrogens with zero attached hydrogens (tertiary/aromatic N) is 3. The zero-order valence-electron chi connectivity index (χ0n) is 14.3. The highest BCUT2D eigenvalue weighted by Crippen LogP contribution is 2.32. The van der Waals surface area contributed by atoms with Crippen LogP contribution in [0.4, 0.5) is 0 Å². The van der Waals surface area contributed by atoms with Crippen LogP contribution < -0.4 is 4.72 Å². The van der Waals surface area contributed by atoms with Crippen molar-refractivity contribution in [3.05, 3.63) is 66.8 Å². The molecule has 7 nitrogen and oxygen atoms in total. The topological polar surface area (TPSA) is 93.9 Å². The van der Waals surface area contributed by atoms with Crippen molar-refractivity contribution in [2.45, 2.75) is 11.8 Å². The van der Waals surface area contributed by atoms with Crippen molar-refractivity contribution in [2.75, 3.05) is 0 Å². The minimum atomic E-state index is -4.29. The van der Waals surface area contributed by atoms with Gasteiger partial charge in [0.05, 0.1) is 20.8 Å². The number of aromatic nitrogens is 3. The molecule has 0 radical (unpaired) electrons. The molecule has 0 bridgehead atoms. The summed E-state index contributed by atoms with van der Waals surface area (Å²) in [5.74, 6) is -1.01. The Labute approximate surface area is 190 Å². The van der Waals surface area contributed by atoms with Crippen LogP contribution in [0.2, 0.25) is 25.1 Å². The van der Waals surface area contributed by atoms with Gasteiger partial charge in [-0.1, -0.05) is 63.2 Å². The van der Waals surface area contributed by atoms with E-state index in [1.54, 1.807) is 0 Å². The third-order valence-electron chi connectivity index (χ3n) is 3.71. The molecule has 0 aliphatic rings. The molecule has 0 aliphatic carbocycles. The number of halogens is 5. The maximum atomic E-state index is 12.5. The van der Waals surface area contributed by atoms with Crippen molar-refractivity contribution in [3.63, 3.8) is 0 Å². The highest BCUT2D eigenvalue weighted by Gasteiger charge is 2.26. The fraction of sp³-hybridized carbons (Fsp3) is 0.0625. The van der Waals surface area contributed by atoms with Gasteiger partial charge in [0.1, 0.15) is 10.6 Å². The minimum Gasteiger partial charge on any atom is -0.266 e. The Balaban J connectivity index is 1.96. The largest absolute Gasteiger partial charge is 0.287 e. The number of benzene rings is 2. The van der Waals surface area contributed by atoms with Crippen LogP contribution in [0, 0.1) is 6.92 Å². The molecule has 0 aliphatic heterocycles. The van der Waals surface area contributed by atoms with Crippen LogP contribution in [0.25, 0.3) is 5.69 Å². The van der Waals surface area contributed by atoms with Crippen LogP contribution >= 0.6 is 58.0 Å². The van der Waals surface area contributed by atoms with Gasteiger partial charge in [0, 0.05) is 10.0 Å². The van der Waals surface area contributed by atoms with E-state index in [0.29, 0.717) is 5.02 Å². The van der Waals surface area contributed by atoms with Gasteiger partial charge in [-0.15, -0.1) is 5.10 Å². The van der Waals surface area contributed by atoms with Crippen molar-refractivity contribution in [2.24, 2.45) is 0 Å². The van der Waals surface area contributed by atoms with Crippen molar-refractivity contribution in [1.29, 1.82) is 0 Å². The second-order valence-electron chi connectivity index (χ2n) is 5.66. The standard InChI is InChI=1S/C16H9Cl5N4O3S/c1-7-14(22-24-25(7)15-11(20)5-9(18)6-12(15)21)16(26)23-29(27,28)13-3-2-8(17)4-10(13)19/h2-6H,1H3,(H,23,26). The van der Waals surface area contributed by atoms with E-state index >= 15 is 0 Å². The first-order valence-electron chi connectivity index (χ1n) is 7.60. The molecule has 1 aromatic heterocycles. The number of carbonyl (C=O) groups excluding carboxylic acids is 1. The summed E-state index contributed by atoms with van der Waals surface area (Å²) in [7, 11) is -4.29. The monoisotopic (exact) mass is 512 g/mol. The molecule has 0 spiro atoms. The average molecular weight is 515 g/mol. The number of amides is 1. The lowest BCUT2D eigenvalue weighted by atomic mass is 10.3. The molecule has 0 fully saturated rings. The zero-order valence-corrected chi connectivity index (χ0v) is 18.8. The molecule has 3 rings (SSSR count). The van der Waals surface area contributed by atoms with Gasteiger partial charge in [0.15, 0.2) is 5.69 Å². The van der Waals surface area contributed by atoms with Gasteiger partial charge in [-0.3, -0.25) is 4.79 Å². The Morgan fingerprint density at radius 1 is 0.966 bits per heavy atom. The van der Waals surface area contributed by atoms with Crippen molar-refractivity contribution < 1.29 is 13.2 Å². The summed E-state index contributed by atoms with van der Waals surface area (Å²) in [5.41, 5.74) is 0.192. The normalized spacial score (nSPS) is 11.5. The molecule has 0 atom stereocenters. The lowest BCUT2D eigenvalue weighted by molar-refractivity contribution is 0.0976. The van der Waals surface area contributed by atoms with E-state index in [1.165, 1.54) is 41.9 Å². The average Bonchev–Trinajstić information content (AvgIpc) is 2.94. The van der Waals surface area contributed by atoms with Gasteiger partial charge in [-0.05, 0) is 37.3 Å². The predicted molar refractivity (Wildman–Crippen MR) is 112 cm³/mol. The van der Waals surface area contributed by atoms with Crippen LogP contribution in [0.1, 0.15) is 16.2 Å². The molecule has 152 valence electrons. The number of sulfonamides is 1. The van der Waals surface area contributed by atoms with Gasteiger partial charge < -0.3 is 0 Å². The highest BCUT2D eigenvalue weighted by atomic mass is 35.5.